The molecule has 0 saturated carbocycles. The lowest BCUT2D eigenvalue weighted by atomic mass is 10.1. The molecule has 0 aromatic heterocycles. The smallest absolute Gasteiger partial charge is 0.262 e. The van der Waals surface area contributed by atoms with Crippen molar-refractivity contribution in [1.82, 2.24) is 0 Å². The number of benzene rings is 1. The monoisotopic (exact) mass is 273 g/mol. The summed E-state index contributed by atoms with van der Waals surface area (Å²) in [4.78, 5) is 22.9. The van der Waals surface area contributed by atoms with E-state index < -0.39 is 5.38 Å². The molecule has 0 bridgehead atoms. The first-order chi connectivity index (χ1) is 7.99. The minimum atomic E-state index is -0.663. The Labute approximate surface area is 108 Å². The molecule has 0 radical (unpaired) electrons. The Morgan fingerprint density at radius 3 is 2.88 bits per heavy atom. The van der Waals surface area contributed by atoms with Gasteiger partial charge in [-0.15, -0.1) is 11.6 Å². The van der Waals surface area contributed by atoms with E-state index in [1.165, 1.54) is 12.1 Å². The zero-order valence-corrected chi connectivity index (χ0v) is 10.4. The van der Waals surface area contributed by atoms with Gasteiger partial charge in [0.1, 0.15) is 5.75 Å². The molecule has 2 rings (SSSR count). The molecule has 1 aromatic carbocycles. The van der Waals surface area contributed by atoms with Crippen LogP contribution in [0.5, 0.6) is 5.75 Å². The molecule has 90 valence electrons. The summed E-state index contributed by atoms with van der Waals surface area (Å²) in [5.74, 6) is -0.104. The van der Waals surface area contributed by atoms with Crippen LogP contribution in [0.4, 0.5) is 5.69 Å². The number of anilines is 1. The summed E-state index contributed by atoms with van der Waals surface area (Å²) >= 11 is 11.7. The van der Waals surface area contributed by atoms with Crippen LogP contribution in [0.2, 0.25) is 5.02 Å². The van der Waals surface area contributed by atoms with Gasteiger partial charge in [0.2, 0.25) is 0 Å². The first-order valence-electron chi connectivity index (χ1n) is 4.93. The number of rotatable bonds is 2. The van der Waals surface area contributed by atoms with Crippen LogP contribution in [0.15, 0.2) is 12.1 Å². The van der Waals surface area contributed by atoms with Gasteiger partial charge in [0, 0.05) is 5.56 Å². The third-order valence-corrected chi connectivity index (χ3v) is 2.84. The van der Waals surface area contributed by atoms with E-state index in [9.17, 15) is 9.59 Å². The maximum absolute atomic E-state index is 11.8. The number of halogens is 2. The van der Waals surface area contributed by atoms with Crippen molar-refractivity contribution in [2.24, 2.45) is 0 Å². The lowest BCUT2D eigenvalue weighted by Crippen LogP contribution is -2.25. The first kappa shape index (κ1) is 12.2. The first-order valence-corrected chi connectivity index (χ1v) is 5.75. The van der Waals surface area contributed by atoms with Gasteiger partial charge in [0.15, 0.2) is 12.4 Å². The van der Waals surface area contributed by atoms with E-state index in [0.29, 0.717) is 17.0 Å². The predicted molar refractivity (Wildman–Crippen MR) is 65.2 cm³/mol. The molecular weight excluding hydrogens is 265 g/mol. The fourth-order valence-corrected chi connectivity index (χ4v) is 1.88. The van der Waals surface area contributed by atoms with E-state index in [1.54, 1.807) is 6.92 Å². The summed E-state index contributed by atoms with van der Waals surface area (Å²) in [6.07, 6.45) is 0. The van der Waals surface area contributed by atoms with Crippen LogP contribution in [0.25, 0.3) is 0 Å². The van der Waals surface area contributed by atoms with Crippen molar-refractivity contribution in [1.29, 1.82) is 0 Å². The molecule has 1 amide bonds. The second-order valence-electron chi connectivity index (χ2n) is 3.65. The lowest BCUT2D eigenvalue weighted by Gasteiger charge is -2.19. The Bertz CT molecular complexity index is 500. The predicted octanol–water partition coefficient (Wildman–Crippen LogP) is 2.48. The second kappa shape index (κ2) is 4.55. The quantitative estimate of drug-likeness (QED) is 0.665. The van der Waals surface area contributed by atoms with Crippen molar-refractivity contribution in [3.05, 3.63) is 22.7 Å². The van der Waals surface area contributed by atoms with Gasteiger partial charge in [-0.2, -0.15) is 0 Å². The Morgan fingerprint density at radius 1 is 1.53 bits per heavy atom. The van der Waals surface area contributed by atoms with Crippen molar-refractivity contribution in [2.75, 3.05) is 11.9 Å². The third-order valence-electron chi connectivity index (χ3n) is 2.33. The van der Waals surface area contributed by atoms with E-state index >= 15 is 0 Å². The number of hydrogen-bond donors (Lipinski definition) is 1. The summed E-state index contributed by atoms with van der Waals surface area (Å²) < 4.78 is 5.20. The molecule has 0 aliphatic carbocycles. The van der Waals surface area contributed by atoms with Crippen LogP contribution >= 0.6 is 23.2 Å². The van der Waals surface area contributed by atoms with Crippen molar-refractivity contribution in [2.45, 2.75) is 12.3 Å². The highest BCUT2D eigenvalue weighted by molar-refractivity contribution is 6.39. The van der Waals surface area contributed by atoms with Crippen LogP contribution in [0.1, 0.15) is 17.3 Å². The average Bonchev–Trinajstić information content (AvgIpc) is 2.27. The Morgan fingerprint density at radius 2 is 2.24 bits per heavy atom. The zero-order valence-electron chi connectivity index (χ0n) is 8.92. The average molecular weight is 274 g/mol. The molecule has 0 spiro atoms. The summed E-state index contributed by atoms with van der Waals surface area (Å²) in [5, 5.41) is 2.18. The van der Waals surface area contributed by atoms with Crippen molar-refractivity contribution in [3.8, 4) is 5.75 Å². The van der Waals surface area contributed by atoms with E-state index in [2.05, 4.69) is 5.32 Å². The molecule has 6 heteroatoms. The fraction of sp³-hybridized carbons (Fsp3) is 0.273. The zero-order chi connectivity index (χ0) is 12.6. The highest BCUT2D eigenvalue weighted by Gasteiger charge is 2.22. The standard InChI is InChI=1S/C11H9Cl2NO3/c1-5(12)11(16)6-2-9-8(3-7(6)13)14-10(15)4-17-9/h2-3,5H,4H2,1H3,(H,14,15). The maximum atomic E-state index is 11.8. The maximum Gasteiger partial charge on any atom is 0.262 e. The number of Topliss-reactive ketones (excluding diaryl/α,β-unsaturated/α-hetero) is 1. The summed E-state index contributed by atoms with van der Waals surface area (Å²) in [7, 11) is 0. The minimum absolute atomic E-state index is 0.0707. The van der Waals surface area contributed by atoms with Gasteiger partial charge < -0.3 is 10.1 Å². The van der Waals surface area contributed by atoms with Crippen LogP contribution < -0.4 is 10.1 Å². The Balaban J connectivity index is 2.44. The number of hydrogen-bond acceptors (Lipinski definition) is 3. The van der Waals surface area contributed by atoms with Crippen LogP contribution in [-0.4, -0.2) is 23.7 Å². The van der Waals surface area contributed by atoms with Crippen molar-refractivity contribution in [3.63, 3.8) is 0 Å². The van der Waals surface area contributed by atoms with Crippen LogP contribution in [0, 0.1) is 0 Å². The molecule has 0 saturated heterocycles. The van der Waals surface area contributed by atoms with E-state index in [1.807, 2.05) is 0 Å². The molecule has 4 nitrogen and oxygen atoms in total. The number of alkyl halides is 1. The molecule has 1 unspecified atom stereocenters. The topological polar surface area (TPSA) is 55.4 Å². The fourth-order valence-electron chi connectivity index (χ4n) is 1.50. The highest BCUT2D eigenvalue weighted by atomic mass is 35.5. The largest absolute Gasteiger partial charge is 0.482 e. The van der Waals surface area contributed by atoms with Gasteiger partial charge >= 0.3 is 0 Å². The van der Waals surface area contributed by atoms with Crippen LogP contribution in [-0.2, 0) is 4.79 Å². The number of carbonyl (C=O) groups excluding carboxylic acids is 2. The summed E-state index contributed by atoms with van der Waals surface area (Å²) in [6.45, 7) is 1.50. The molecule has 1 N–H and O–H groups in total. The summed E-state index contributed by atoms with van der Waals surface area (Å²) in [6, 6.07) is 2.98. The van der Waals surface area contributed by atoms with Gasteiger partial charge in [-0.05, 0) is 19.1 Å². The summed E-state index contributed by atoms with van der Waals surface area (Å²) in [5.41, 5.74) is 0.758. The molecule has 1 aromatic rings. The third kappa shape index (κ3) is 2.37. The van der Waals surface area contributed by atoms with Gasteiger partial charge in [0.05, 0.1) is 16.1 Å². The lowest BCUT2D eigenvalue weighted by molar-refractivity contribution is -0.118. The van der Waals surface area contributed by atoms with Gasteiger partial charge in [-0.25, -0.2) is 0 Å². The Hall–Kier alpha value is -1.26. The van der Waals surface area contributed by atoms with Crippen molar-refractivity contribution >= 4 is 40.6 Å². The Kier molecular flexibility index (Phi) is 3.26. The number of ketones is 1. The molecular formula is C11H9Cl2NO3. The van der Waals surface area contributed by atoms with E-state index in [4.69, 9.17) is 27.9 Å². The number of carbonyl (C=O) groups is 2. The van der Waals surface area contributed by atoms with Crippen LogP contribution in [0.3, 0.4) is 0 Å². The molecule has 1 atom stereocenters. The number of amides is 1. The normalized spacial score (nSPS) is 15.6. The molecule has 0 fully saturated rings. The number of ether oxygens (including phenoxy) is 1. The van der Waals surface area contributed by atoms with E-state index in [0.717, 1.165) is 0 Å². The minimum Gasteiger partial charge on any atom is -0.482 e. The molecule has 17 heavy (non-hydrogen) atoms. The number of fused-ring (bicyclic) bond motifs is 1. The molecule has 1 aliphatic heterocycles. The highest BCUT2D eigenvalue weighted by Crippen LogP contribution is 2.34. The molecule has 1 heterocycles. The van der Waals surface area contributed by atoms with Crippen molar-refractivity contribution < 1.29 is 14.3 Å². The molecule has 1 aliphatic rings. The number of nitrogens with one attached hydrogen (secondary N) is 1. The van der Waals surface area contributed by atoms with Gasteiger partial charge in [0.25, 0.3) is 5.91 Å². The van der Waals surface area contributed by atoms with E-state index in [-0.39, 0.29) is 23.3 Å². The van der Waals surface area contributed by atoms with Gasteiger partial charge in [-0.3, -0.25) is 9.59 Å². The second-order valence-corrected chi connectivity index (χ2v) is 4.71. The SMILES string of the molecule is CC(Cl)C(=O)c1cc2c(cc1Cl)NC(=O)CO2. The van der Waals surface area contributed by atoms with Gasteiger partial charge in [-0.1, -0.05) is 11.6 Å².